The molecule has 1 fully saturated rings. The highest BCUT2D eigenvalue weighted by Crippen LogP contribution is 2.25. The van der Waals surface area contributed by atoms with Crippen LogP contribution in [-0.2, 0) is 21.2 Å². The maximum Gasteiger partial charge on any atom is 0.259 e. The second-order valence-corrected chi connectivity index (χ2v) is 10.6. The van der Waals surface area contributed by atoms with E-state index in [0.717, 1.165) is 16.5 Å². The van der Waals surface area contributed by atoms with Crippen LogP contribution in [0.1, 0.15) is 15.9 Å². The number of sulfonamides is 1. The van der Waals surface area contributed by atoms with E-state index in [0.29, 0.717) is 49.9 Å². The molecule has 0 spiro atoms. The maximum absolute atomic E-state index is 13.0. The molecular weight excluding hydrogens is 520 g/mol. The summed E-state index contributed by atoms with van der Waals surface area (Å²) in [6, 6.07) is 21.4. The summed E-state index contributed by atoms with van der Waals surface area (Å²) in [6.45, 7) is 1.86. The lowest BCUT2D eigenvalue weighted by molar-refractivity contribution is 0.0730. The molecule has 0 aromatic heterocycles. The second kappa shape index (κ2) is 11.1. The van der Waals surface area contributed by atoms with Crippen LogP contribution in [0.15, 0.2) is 82.2 Å². The summed E-state index contributed by atoms with van der Waals surface area (Å²) in [4.78, 5) is 13.2. The summed E-state index contributed by atoms with van der Waals surface area (Å²) < 4.78 is 38.9. The average Bonchev–Trinajstić information content (AvgIpc) is 2.86. The third-order valence-electron chi connectivity index (χ3n) is 5.40. The number of hydrogen-bond donors (Lipinski definition) is 1. The van der Waals surface area contributed by atoms with Crippen LogP contribution < -0.4 is 10.1 Å². The van der Waals surface area contributed by atoms with Gasteiger partial charge in [-0.15, -0.1) is 0 Å². The van der Waals surface area contributed by atoms with Crippen LogP contribution in [0.2, 0.25) is 0 Å². The molecule has 0 bridgehead atoms. The summed E-state index contributed by atoms with van der Waals surface area (Å²) in [5.41, 5.74) is 2.02. The predicted octanol–water partition coefficient (Wildman–Crippen LogP) is 4.34. The average molecular weight is 545 g/mol. The van der Waals surface area contributed by atoms with Crippen LogP contribution >= 0.6 is 15.9 Å². The van der Waals surface area contributed by atoms with E-state index in [9.17, 15) is 13.2 Å². The molecule has 178 valence electrons. The number of halogens is 1. The number of benzene rings is 3. The zero-order valence-corrected chi connectivity index (χ0v) is 20.8. The molecular formula is C25H25BrN2O5S. The summed E-state index contributed by atoms with van der Waals surface area (Å²) in [6.07, 6.45) is 0.719. The topological polar surface area (TPSA) is 84.9 Å². The zero-order chi connectivity index (χ0) is 24.0. The van der Waals surface area contributed by atoms with Gasteiger partial charge in [-0.3, -0.25) is 4.79 Å². The molecule has 1 aliphatic heterocycles. The molecule has 0 aliphatic carbocycles. The van der Waals surface area contributed by atoms with Crippen molar-refractivity contribution < 1.29 is 22.7 Å². The van der Waals surface area contributed by atoms with Crippen LogP contribution in [0.3, 0.4) is 0 Å². The Labute approximate surface area is 207 Å². The molecule has 1 aliphatic rings. The minimum absolute atomic E-state index is 0.180. The second-order valence-electron chi connectivity index (χ2n) is 7.72. The molecule has 0 atom stereocenters. The number of carbonyl (C=O) groups excluding carboxylic acids is 1. The molecule has 3 aromatic rings. The third kappa shape index (κ3) is 6.04. The molecule has 0 saturated carbocycles. The lowest BCUT2D eigenvalue weighted by atomic mass is 10.1. The van der Waals surface area contributed by atoms with Crippen LogP contribution in [0.4, 0.5) is 5.69 Å². The first-order valence-electron chi connectivity index (χ1n) is 10.9. The Balaban J connectivity index is 1.43. The normalized spacial score (nSPS) is 14.5. The number of ether oxygens (including phenoxy) is 2. The van der Waals surface area contributed by atoms with Gasteiger partial charge in [0.05, 0.1) is 30.3 Å². The Hall–Kier alpha value is -2.72. The molecule has 9 heteroatoms. The van der Waals surface area contributed by atoms with Gasteiger partial charge in [-0.1, -0.05) is 46.3 Å². The van der Waals surface area contributed by atoms with Gasteiger partial charge in [0, 0.05) is 29.7 Å². The van der Waals surface area contributed by atoms with Crippen molar-refractivity contribution in [2.75, 3.05) is 38.2 Å². The molecule has 4 rings (SSSR count). The Morgan fingerprint density at radius 3 is 2.41 bits per heavy atom. The first-order valence-corrected chi connectivity index (χ1v) is 13.1. The molecule has 1 heterocycles. The summed E-state index contributed by atoms with van der Waals surface area (Å²) in [5, 5.41) is 2.82. The van der Waals surface area contributed by atoms with Crippen LogP contribution in [0.5, 0.6) is 5.75 Å². The SMILES string of the molecule is O=C(Nc1ccc(S(=O)(=O)N2CCOCC2)cc1)c1cc(Br)ccc1OCCc1ccccc1. The highest BCUT2D eigenvalue weighted by molar-refractivity contribution is 9.10. The number of anilines is 1. The Morgan fingerprint density at radius 1 is 1.00 bits per heavy atom. The first-order chi connectivity index (χ1) is 16.4. The molecule has 0 radical (unpaired) electrons. The fourth-order valence-corrected chi connectivity index (χ4v) is 5.34. The lowest BCUT2D eigenvalue weighted by Gasteiger charge is -2.26. The van der Waals surface area contributed by atoms with Crippen molar-refractivity contribution in [3.63, 3.8) is 0 Å². The Morgan fingerprint density at radius 2 is 1.71 bits per heavy atom. The molecule has 0 unspecified atom stereocenters. The largest absolute Gasteiger partial charge is 0.492 e. The molecule has 7 nitrogen and oxygen atoms in total. The van der Waals surface area contributed by atoms with Crippen LogP contribution in [0.25, 0.3) is 0 Å². The van der Waals surface area contributed by atoms with Crippen molar-refractivity contribution in [3.8, 4) is 5.75 Å². The number of nitrogens with one attached hydrogen (secondary N) is 1. The fraction of sp³-hybridized carbons (Fsp3) is 0.240. The van der Waals surface area contributed by atoms with E-state index < -0.39 is 10.0 Å². The molecule has 1 amide bonds. The quantitative estimate of drug-likeness (QED) is 0.455. The number of nitrogens with zero attached hydrogens (tertiary/aromatic N) is 1. The van der Waals surface area contributed by atoms with Gasteiger partial charge in [-0.2, -0.15) is 4.31 Å². The highest BCUT2D eigenvalue weighted by Gasteiger charge is 2.26. The van der Waals surface area contributed by atoms with Gasteiger partial charge >= 0.3 is 0 Å². The van der Waals surface area contributed by atoms with Gasteiger partial charge in [-0.25, -0.2) is 8.42 Å². The zero-order valence-electron chi connectivity index (χ0n) is 18.4. The van der Waals surface area contributed by atoms with Crippen molar-refractivity contribution in [2.45, 2.75) is 11.3 Å². The number of rotatable bonds is 8. The van der Waals surface area contributed by atoms with Gasteiger partial charge in [0.25, 0.3) is 5.91 Å². The van der Waals surface area contributed by atoms with E-state index in [1.165, 1.54) is 16.4 Å². The minimum Gasteiger partial charge on any atom is -0.492 e. The predicted molar refractivity (Wildman–Crippen MR) is 134 cm³/mol. The molecule has 1 saturated heterocycles. The summed E-state index contributed by atoms with van der Waals surface area (Å²) in [7, 11) is -3.59. The number of carbonyl (C=O) groups is 1. The fourth-order valence-electron chi connectivity index (χ4n) is 3.57. The lowest BCUT2D eigenvalue weighted by Crippen LogP contribution is -2.40. The van der Waals surface area contributed by atoms with E-state index in [1.807, 2.05) is 36.4 Å². The van der Waals surface area contributed by atoms with Crippen molar-refractivity contribution in [2.24, 2.45) is 0 Å². The molecule has 1 N–H and O–H groups in total. The van der Waals surface area contributed by atoms with E-state index in [1.54, 1.807) is 24.3 Å². The smallest absolute Gasteiger partial charge is 0.259 e. The minimum atomic E-state index is -3.59. The van der Waals surface area contributed by atoms with Gasteiger partial charge in [0.15, 0.2) is 0 Å². The van der Waals surface area contributed by atoms with E-state index >= 15 is 0 Å². The van der Waals surface area contributed by atoms with E-state index in [4.69, 9.17) is 9.47 Å². The van der Waals surface area contributed by atoms with Gasteiger partial charge in [-0.05, 0) is 48.0 Å². The third-order valence-corrected chi connectivity index (χ3v) is 7.80. The standard InChI is InChI=1S/C25H25BrN2O5S/c26-20-6-11-24(33-15-12-19-4-2-1-3-5-19)23(18-20)25(29)27-21-7-9-22(10-8-21)34(30,31)28-13-16-32-17-14-28/h1-11,18H,12-17H2,(H,27,29). The van der Waals surface area contributed by atoms with Gasteiger partial charge in [0.2, 0.25) is 10.0 Å². The monoisotopic (exact) mass is 544 g/mol. The van der Waals surface area contributed by atoms with Crippen molar-refractivity contribution in [1.82, 2.24) is 4.31 Å². The van der Waals surface area contributed by atoms with Crippen LogP contribution in [0, 0.1) is 0 Å². The molecule has 3 aromatic carbocycles. The Bertz CT molecular complexity index is 1230. The van der Waals surface area contributed by atoms with Crippen molar-refractivity contribution in [3.05, 3.63) is 88.4 Å². The van der Waals surface area contributed by atoms with E-state index in [2.05, 4.69) is 21.2 Å². The maximum atomic E-state index is 13.0. The highest BCUT2D eigenvalue weighted by atomic mass is 79.9. The first kappa shape index (κ1) is 24.4. The number of morpholine rings is 1. The number of hydrogen-bond acceptors (Lipinski definition) is 5. The summed E-state index contributed by atoms with van der Waals surface area (Å²) in [5.74, 6) is 0.128. The van der Waals surface area contributed by atoms with Crippen LogP contribution in [-0.4, -0.2) is 51.5 Å². The van der Waals surface area contributed by atoms with E-state index in [-0.39, 0.29) is 10.8 Å². The number of amides is 1. The molecule has 34 heavy (non-hydrogen) atoms. The Kier molecular flexibility index (Phi) is 7.99. The van der Waals surface area contributed by atoms with Gasteiger partial charge in [0.1, 0.15) is 5.75 Å². The van der Waals surface area contributed by atoms with Crippen molar-refractivity contribution in [1.29, 1.82) is 0 Å². The van der Waals surface area contributed by atoms with Crippen molar-refractivity contribution >= 4 is 37.5 Å². The van der Waals surface area contributed by atoms with Gasteiger partial charge < -0.3 is 14.8 Å². The summed E-state index contributed by atoms with van der Waals surface area (Å²) >= 11 is 3.41.